The molecule has 1 fully saturated rings. The maximum atomic E-state index is 8.56. The van der Waals surface area contributed by atoms with E-state index >= 15 is 0 Å². The van der Waals surface area contributed by atoms with Crippen molar-refractivity contribution in [3.05, 3.63) is 10.6 Å². The Morgan fingerprint density at radius 3 is 3.00 bits per heavy atom. The van der Waals surface area contributed by atoms with Gasteiger partial charge in [0.2, 0.25) is 0 Å². The lowest BCUT2D eigenvalue weighted by atomic mass is 10.1. The van der Waals surface area contributed by atoms with Gasteiger partial charge in [0.1, 0.15) is 0 Å². The van der Waals surface area contributed by atoms with E-state index in [4.69, 9.17) is 5.26 Å². The van der Waals surface area contributed by atoms with Crippen molar-refractivity contribution in [3.8, 4) is 6.07 Å². The van der Waals surface area contributed by atoms with E-state index in [2.05, 4.69) is 22.0 Å². The van der Waals surface area contributed by atoms with E-state index in [1.165, 1.54) is 12.0 Å². The summed E-state index contributed by atoms with van der Waals surface area (Å²) in [5.74, 6) is 0.198. The Labute approximate surface area is 63.5 Å². The Hall–Kier alpha value is -0.290. The van der Waals surface area contributed by atoms with E-state index < -0.39 is 0 Å². The first kappa shape index (κ1) is 6.82. The molecule has 1 atom stereocenters. The number of hydrogen-bond donors (Lipinski definition) is 0. The average molecular weight is 186 g/mol. The van der Waals surface area contributed by atoms with Gasteiger partial charge in [-0.15, -0.1) is 0 Å². The molecule has 2 heteroatoms. The summed E-state index contributed by atoms with van der Waals surface area (Å²) in [5.41, 5.74) is 1.26. The highest BCUT2D eigenvalue weighted by molar-refractivity contribution is 9.11. The van der Waals surface area contributed by atoms with Gasteiger partial charge in [0.25, 0.3) is 0 Å². The van der Waals surface area contributed by atoms with E-state index in [0.29, 0.717) is 0 Å². The lowest BCUT2D eigenvalue weighted by Crippen LogP contribution is -1.89. The smallest absolute Gasteiger partial charge is 0.0700 e. The molecule has 1 rings (SSSR count). The largest absolute Gasteiger partial charge is 0.198 e. The molecule has 0 aromatic carbocycles. The number of nitrogens with zero attached hydrogens (tertiary/aromatic N) is 1. The highest BCUT2D eigenvalue weighted by atomic mass is 79.9. The zero-order valence-corrected chi connectivity index (χ0v) is 6.69. The summed E-state index contributed by atoms with van der Waals surface area (Å²) >= 11 is 3.24. The summed E-state index contributed by atoms with van der Waals surface area (Å²) in [6.45, 7) is 0. The number of halogens is 1. The lowest BCUT2D eigenvalue weighted by Gasteiger charge is -1.96. The first-order valence-electron chi connectivity index (χ1n) is 3.07. The molecule has 1 unspecified atom stereocenters. The van der Waals surface area contributed by atoms with E-state index in [0.717, 1.165) is 12.8 Å². The Kier molecular flexibility index (Phi) is 2.29. The normalized spacial score (nSPS) is 30.7. The van der Waals surface area contributed by atoms with Crippen LogP contribution in [0.3, 0.4) is 0 Å². The molecule has 1 aliphatic carbocycles. The maximum Gasteiger partial charge on any atom is 0.0700 e. The molecule has 0 bridgehead atoms. The molecule has 0 aromatic heterocycles. The minimum Gasteiger partial charge on any atom is -0.198 e. The third kappa shape index (κ3) is 1.34. The van der Waals surface area contributed by atoms with Crippen molar-refractivity contribution in [1.82, 2.24) is 0 Å². The quantitative estimate of drug-likeness (QED) is 0.570. The second kappa shape index (κ2) is 3.03. The van der Waals surface area contributed by atoms with Crippen LogP contribution in [0.4, 0.5) is 0 Å². The van der Waals surface area contributed by atoms with Gasteiger partial charge in [0.15, 0.2) is 0 Å². The number of hydrogen-bond acceptors (Lipinski definition) is 1. The van der Waals surface area contributed by atoms with E-state index in [1.54, 1.807) is 0 Å². The van der Waals surface area contributed by atoms with Crippen molar-refractivity contribution in [2.45, 2.75) is 19.3 Å². The highest BCUT2D eigenvalue weighted by Crippen LogP contribution is 2.30. The van der Waals surface area contributed by atoms with Crippen LogP contribution in [0.1, 0.15) is 19.3 Å². The molecule has 0 aromatic rings. The van der Waals surface area contributed by atoms with Gasteiger partial charge in [-0.3, -0.25) is 0 Å². The van der Waals surface area contributed by atoms with Crippen LogP contribution in [0, 0.1) is 17.2 Å². The van der Waals surface area contributed by atoms with Gasteiger partial charge in [0, 0.05) is 0 Å². The fraction of sp³-hybridized carbons (Fsp3) is 0.571. The maximum absolute atomic E-state index is 8.56. The van der Waals surface area contributed by atoms with Crippen molar-refractivity contribution in [2.24, 2.45) is 5.92 Å². The number of allylic oxidation sites excluding steroid dienone is 1. The summed E-state index contributed by atoms with van der Waals surface area (Å²) in [4.78, 5) is 1.90. The zero-order chi connectivity index (χ0) is 6.69. The minimum atomic E-state index is 0.198. The third-order valence-corrected chi connectivity index (χ3v) is 2.29. The van der Waals surface area contributed by atoms with Gasteiger partial charge in [-0.05, 0) is 29.8 Å². The predicted molar refractivity (Wildman–Crippen MR) is 40.0 cm³/mol. The van der Waals surface area contributed by atoms with Crippen molar-refractivity contribution < 1.29 is 0 Å². The van der Waals surface area contributed by atoms with Crippen LogP contribution in [0.25, 0.3) is 0 Å². The van der Waals surface area contributed by atoms with Crippen LogP contribution in [0.5, 0.6) is 0 Å². The molecule has 0 N–H and O–H groups in total. The SMILES string of the molecule is N#CC1CCCC1=CBr. The van der Waals surface area contributed by atoms with E-state index in [1.807, 2.05) is 4.99 Å². The Morgan fingerprint density at radius 1 is 1.78 bits per heavy atom. The second-order valence-corrected chi connectivity index (χ2v) is 2.72. The van der Waals surface area contributed by atoms with Gasteiger partial charge in [-0.2, -0.15) is 5.26 Å². The number of rotatable bonds is 0. The lowest BCUT2D eigenvalue weighted by molar-refractivity contribution is 0.778. The molecular weight excluding hydrogens is 178 g/mol. The fourth-order valence-corrected chi connectivity index (χ4v) is 1.70. The molecule has 0 amide bonds. The molecule has 1 aliphatic rings. The Morgan fingerprint density at radius 2 is 2.56 bits per heavy atom. The van der Waals surface area contributed by atoms with Gasteiger partial charge < -0.3 is 0 Å². The van der Waals surface area contributed by atoms with Crippen molar-refractivity contribution in [1.29, 1.82) is 5.26 Å². The molecule has 0 saturated heterocycles. The van der Waals surface area contributed by atoms with Crippen LogP contribution in [-0.4, -0.2) is 0 Å². The summed E-state index contributed by atoms with van der Waals surface area (Å²) in [6.07, 6.45) is 3.33. The Balaban J connectivity index is 2.65. The van der Waals surface area contributed by atoms with E-state index in [9.17, 15) is 0 Å². The standard InChI is InChI=1S/C7H8BrN/c8-4-6-2-1-3-7(6)5-9/h4,7H,1-3H2. The van der Waals surface area contributed by atoms with Crippen LogP contribution >= 0.6 is 15.9 Å². The van der Waals surface area contributed by atoms with Crippen LogP contribution < -0.4 is 0 Å². The van der Waals surface area contributed by atoms with Crippen molar-refractivity contribution >= 4 is 15.9 Å². The highest BCUT2D eigenvalue weighted by Gasteiger charge is 2.18. The molecule has 9 heavy (non-hydrogen) atoms. The minimum absolute atomic E-state index is 0.198. The van der Waals surface area contributed by atoms with Crippen LogP contribution in [0.2, 0.25) is 0 Å². The molecule has 0 heterocycles. The topological polar surface area (TPSA) is 23.8 Å². The monoisotopic (exact) mass is 185 g/mol. The van der Waals surface area contributed by atoms with Gasteiger partial charge in [-0.1, -0.05) is 15.9 Å². The van der Waals surface area contributed by atoms with Crippen molar-refractivity contribution in [2.75, 3.05) is 0 Å². The van der Waals surface area contributed by atoms with Crippen LogP contribution in [-0.2, 0) is 0 Å². The third-order valence-electron chi connectivity index (χ3n) is 1.70. The molecule has 0 radical (unpaired) electrons. The molecule has 1 nitrogen and oxygen atoms in total. The average Bonchev–Trinajstić information content (AvgIpc) is 2.33. The van der Waals surface area contributed by atoms with Crippen LogP contribution in [0.15, 0.2) is 10.6 Å². The first-order valence-corrected chi connectivity index (χ1v) is 3.99. The predicted octanol–water partition coefficient (Wildman–Crippen LogP) is 2.59. The molecule has 1 saturated carbocycles. The zero-order valence-electron chi connectivity index (χ0n) is 5.10. The molecular formula is C7H8BrN. The molecule has 48 valence electrons. The second-order valence-electron chi connectivity index (χ2n) is 2.26. The summed E-state index contributed by atoms with van der Waals surface area (Å²) < 4.78 is 0. The summed E-state index contributed by atoms with van der Waals surface area (Å²) in [7, 11) is 0. The van der Waals surface area contributed by atoms with E-state index in [-0.39, 0.29) is 5.92 Å². The summed E-state index contributed by atoms with van der Waals surface area (Å²) in [6, 6.07) is 2.27. The Bertz CT molecular complexity index is 166. The van der Waals surface area contributed by atoms with Crippen molar-refractivity contribution in [3.63, 3.8) is 0 Å². The van der Waals surface area contributed by atoms with Gasteiger partial charge >= 0.3 is 0 Å². The van der Waals surface area contributed by atoms with Gasteiger partial charge in [0.05, 0.1) is 12.0 Å². The molecule has 0 aliphatic heterocycles. The van der Waals surface area contributed by atoms with Gasteiger partial charge in [-0.25, -0.2) is 0 Å². The summed E-state index contributed by atoms with van der Waals surface area (Å²) in [5, 5.41) is 8.56. The molecule has 0 spiro atoms. The fourth-order valence-electron chi connectivity index (χ4n) is 1.15. The number of nitriles is 1. The first-order chi connectivity index (χ1) is 4.38.